The number of benzene rings is 1. The summed E-state index contributed by atoms with van der Waals surface area (Å²) in [4.78, 5) is 12.9. The van der Waals surface area contributed by atoms with Crippen LogP contribution < -0.4 is 5.32 Å². The number of methoxy groups -OCH3 is 1. The van der Waals surface area contributed by atoms with Crippen LogP contribution in [0.4, 0.5) is 0 Å². The maximum atomic E-state index is 11.5. The Kier molecular flexibility index (Phi) is 4.81. The van der Waals surface area contributed by atoms with E-state index in [-0.39, 0.29) is 5.97 Å². The Labute approximate surface area is 139 Å². The third-order valence-electron chi connectivity index (χ3n) is 4.13. The van der Waals surface area contributed by atoms with Crippen molar-refractivity contribution in [3.8, 4) is 0 Å². The van der Waals surface area contributed by atoms with Gasteiger partial charge in [-0.3, -0.25) is 0 Å². The van der Waals surface area contributed by atoms with Gasteiger partial charge in [-0.1, -0.05) is 23.7 Å². The lowest BCUT2D eigenvalue weighted by Crippen LogP contribution is -2.30. The minimum absolute atomic E-state index is 0.297. The van der Waals surface area contributed by atoms with Crippen molar-refractivity contribution in [2.45, 2.75) is 24.8 Å². The lowest BCUT2D eigenvalue weighted by molar-refractivity contribution is 0.0600. The molecule has 2 heterocycles. The van der Waals surface area contributed by atoms with Crippen molar-refractivity contribution >= 4 is 28.9 Å². The highest BCUT2D eigenvalue weighted by molar-refractivity contribution is 7.16. The van der Waals surface area contributed by atoms with Crippen LogP contribution in [0.2, 0.25) is 4.34 Å². The highest BCUT2D eigenvalue weighted by Crippen LogP contribution is 2.38. The first-order valence-corrected chi connectivity index (χ1v) is 8.53. The Morgan fingerprint density at radius 3 is 2.68 bits per heavy atom. The van der Waals surface area contributed by atoms with Gasteiger partial charge in [0.05, 0.1) is 17.0 Å². The second-order valence-corrected chi connectivity index (χ2v) is 7.23. The predicted molar refractivity (Wildman–Crippen MR) is 89.8 cm³/mol. The zero-order chi connectivity index (χ0) is 15.5. The van der Waals surface area contributed by atoms with E-state index >= 15 is 0 Å². The van der Waals surface area contributed by atoms with Gasteiger partial charge in [0.2, 0.25) is 0 Å². The molecule has 1 aliphatic heterocycles. The Hall–Kier alpha value is -1.36. The van der Waals surface area contributed by atoms with E-state index in [0.29, 0.717) is 17.5 Å². The fraction of sp³-hybridized carbons (Fsp3) is 0.353. The van der Waals surface area contributed by atoms with Gasteiger partial charge in [0.25, 0.3) is 0 Å². The molecule has 0 aliphatic carbocycles. The zero-order valence-electron chi connectivity index (χ0n) is 12.3. The van der Waals surface area contributed by atoms with Crippen LogP contribution in [0.25, 0.3) is 0 Å². The van der Waals surface area contributed by atoms with Crippen molar-refractivity contribution in [1.82, 2.24) is 5.32 Å². The van der Waals surface area contributed by atoms with Crippen LogP contribution in [-0.2, 0) is 4.74 Å². The molecular formula is C17H18ClNO2S. The van der Waals surface area contributed by atoms with Crippen molar-refractivity contribution in [3.05, 3.63) is 56.7 Å². The first kappa shape index (κ1) is 15.5. The van der Waals surface area contributed by atoms with Crippen LogP contribution >= 0.6 is 22.9 Å². The average molecular weight is 336 g/mol. The number of thiophene rings is 1. The summed E-state index contributed by atoms with van der Waals surface area (Å²) in [6.07, 6.45) is 2.18. The van der Waals surface area contributed by atoms with E-state index < -0.39 is 0 Å². The summed E-state index contributed by atoms with van der Waals surface area (Å²) in [6.45, 7) is 0.990. The molecular weight excluding hydrogens is 318 g/mol. The van der Waals surface area contributed by atoms with Gasteiger partial charge < -0.3 is 10.1 Å². The lowest BCUT2D eigenvalue weighted by atomic mass is 9.87. The molecule has 3 rings (SSSR count). The molecule has 1 aliphatic rings. The van der Waals surface area contributed by atoms with Gasteiger partial charge in [-0.2, -0.15) is 0 Å². The second-order valence-electron chi connectivity index (χ2n) is 5.48. The van der Waals surface area contributed by atoms with Crippen molar-refractivity contribution in [1.29, 1.82) is 0 Å². The van der Waals surface area contributed by atoms with E-state index in [9.17, 15) is 4.79 Å². The predicted octanol–water partition coefficient (Wildman–Crippen LogP) is 4.40. The molecule has 22 heavy (non-hydrogen) atoms. The fourth-order valence-corrected chi connectivity index (χ4v) is 4.16. The molecule has 0 amide bonds. The van der Waals surface area contributed by atoms with Gasteiger partial charge in [0, 0.05) is 10.9 Å². The van der Waals surface area contributed by atoms with Crippen molar-refractivity contribution in [2.24, 2.45) is 0 Å². The number of rotatable bonds is 3. The number of halogens is 1. The Morgan fingerprint density at radius 1 is 1.27 bits per heavy atom. The monoisotopic (exact) mass is 335 g/mol. The fourth-order valence-electron chi connectivity index (χ4n) is 2.95. The molecule has 116 valence electrons. The standard InChI is InChI=1S/C17H18ClNO2S/c1-21-17(20)12-4-2-11(3-5-12)14-10-13(8-9-19-14)15-6-7-16(18)22-15/h2-7,13-14,19H,8-10H2,1H3. The molecule has 1 aromatic carbocycles. The number of hydrogen-bond acceptors (Lipinski definition) is 4. The molecule has 2 atom stereocenters. The zero-order valence-corrected chi connectivity index (χ0v) is 13.9. The van der Waals surface area contributed by atoms with E-state index in [2.05, 4.69) is 11.4 Å². The van der Waals surface area contributed by atoms with Crippen molar-refractivity contribution < 1.29 is 9.53 Å². The summed E-state index contributed by atoms with van der Waals surface area (Å²) in [5.74, 6) is 0.248. The van der Waals surface area contributed by atoms with E-state index in [1.807, 2.05) is 30.3 Å². The molecule has 3 nitrogen and oxygen atoms in total. The van der Waals surface area contributed by atoms with Gasteiger partial charge in [0.15, 0.2) is 0 Å². The summed E-state index contributed by atoms with van der Waals surface area (Å²) < 4.78 is 5.59. The van der Waals surface area contributed by atoms with E-state index in [1.165, 1.54) is 17.6 Å². The molecule has 2 aromatic rings. The quantitative estimate of drug-likeness (QED) is 0.845. The highest BCUT2D eigenvalue weighted by Gasteiger charge is 2.25. The number of hydrogen-bond donors (Lipinski definition) is 1. The molecule has 0 saturated carbocycles. The van der Waals surface area contributed by atoms with E-state index in [4.69, 9.17) is 16.3 Å². The molecule has 2 unspecified atom stereocenters. The van der Waals surface area contributed by atoms with Crippen LogP contribution in [0, 0.1) is 0 Å². The van der Waals surface area contributed by atoms with Crippen molar-refractivity contribution in [3.63, 3.8) is 0 Å². The molecule has 0 spiro atoms. The molecule has 0 bridgehead atoms. The van der Waals surface area contributed by atoms with Gasteiger partial charge in [-0.15, -0.1) is 11.3 Å². The van der Waals surface area contributed by atoms with Crippen LogP contribution in [-0.4, -0.2) is 19.6 Å². The van der Waals surface area contributed by atoms with Crippen molar-refractivity contribution in [2.75, 3.05) is 13.7 Å². The van der Waals surface area contributed by atoms with Gasteiger partial charge >= 0.3 is 5.97 Å². The number of nitrogens with one attached hydrogen (secondary N) is 1. The first-order chi connectivity index (χ1) is 10.7. The van der Waals surface area contributed by atoms with Gasteiger partial charge in [0.1, 0.15) is 0 Å². The highest BCUT2D eigenvalue weighted by atomic mass is 35.5. The Balaban J connectivity index is 1.73. The summed E-state index contributed by atoms with van der Waals surface area (Å²) in [5, 5.41) is 3.56. The van der Waals surface area contributed by atoms with E-state index in [0.717, 1.165) is 23.7 Å². The van der Waals surface area contributed by atoms with Crippen LogP contribution in [0.3, 0.4) is 0 Å². The maximum absolute atomic E-state index is 11.5. The number of carbonyl (C=O) groups is 1. The van der Waals surface area contributed by atoms with Gasteiger partial charge in [-0.05, 0) is 55.1 Å². The van der Waals surface area contributed by atoms with Crippen LogP contribution in [0.1, 0.15) is 45.6 Å². The largest absolute Gasteiger partial charge is 0.465 e. The SMILES string of the molecule is COC(=O)c1ccc(C2CC(c3ccc(Cl)s3)CCN2)cc1. The topological polar surface area (TPSA) is 38.3 Å². The summed E-state index contributed by atoms with van der Waals surface area (Å²) >= 11 is 7.73. The summed E-state index contributed by atoms with van der Waals surface area (Å²) in [7, 11) is 1.40. The maximum Gasteiger partial charge on any atom is 0.337 e. The number of carbonyl (C=O) groups excluding carboxylic acids is 1. The van der Waals surface area contributed by atoms with Crippen LogP contribution in [0.5, 0.6) is 0 Å². The van der Waals surface area contributed by atoms with Gasteiger partial charge in [-0.25, -0.2) is 4.79 Å². The number of esters is 1. The third-order valence-corrected chi connectivity index (χ3v) is 5.53. The molecule has 1 fully saturated rings. The van der Waals surface area contributed by atoms with Crippen LogP contribution in [0.15, 0.2) is 36.4 Å². The molecule has 1 aromatic heterocycles. The lowest BCUT2D eigenvalue weighted by Gasteiger charge is -2.30. The second kappa shape index (κ2) is 6.82. The average Bonchev–Trinajstić information content (AvgIpc) is 3.01. The first-order valence-electron chi connectivity index (χ1n) is 7.34. The molecule has 0 radical (unpaired) electrons. The molecule has 1 N–H and O–H groups in total. The molecule has 1 saturated heterocycles. The number of piperidine rings is 1. The molecule has 5 heteroatoms. The summed E-state index contributed by atoms with van der Waals surface area (Å²) in [5.41, 5.74) is 1.80. The minimum atomic E-state index is -0.297. The normalized spacial score (nSPS) is 21.5. The Bertz CT molecular complexity index is 653. The number of ether oxygens (including phenoxy) is 1. The summed E-state index contributed by atoms with van der Waals surface area (Å²) in [6, 6.07) is 12.1. The Morgan fingerprint density at radius 2 is 2.05 bits per heavy atom. The van der Waals surface area contributed by atoms with E-state index in [1.54, 1.807) is 11.3 Å². The smallest absolute Gasteiger partial charge is 0.337 e. The minimum Gasteiger partial charge on any atom is -0.465 e. The third kappa shape index (κ3) is 3.35.